The highest BCUT2D eigenvalue weighted by atomic mass is 32.1. The molecule has 0 radical (unpaired) electrons. The summed E-state index contributed by atoms with van der Waals surface area (Å²) < 4.78 is 0. The molecule has 1 aromatic heterocycles. The fourth-order valence-corrected chi connectivity index (χ4v) is 1.47. The van der Waals surface area contributed by atoms with Gasteiger partial charge in [0, 0.05) is 5.38 Å². The second-order valence-corrected chi connectivity index (χ2v) is 3.30. The van der Waals surface area contributed by atoms with Gasteiger partial charge in [0.15, 0.2) is 0 Å². The fourth-order valence-electron chi connectivity index (χ4n) is 0.880. The van der Waals surface area contributed by atoms with E-state index in [0.29, 0.717) is 0 Å². The van der Waals surface area contributed by atoms with Gasteiger partial charge in [0.25, 0.3) is 0 Å². The zero-order valence-electron chi connectivity index (χ0n) is 6.66. The van der Waals surface area contributed by atoms with Crippen LogP contribution >= 0.6 is 11.3 Å². The van der Waals surface area contributed by atoms with Crippen LogP contribution in [0.2, 0.25) is 0 Å². The minimum Gasteiger partial charge on any atom is -0.393 e. The molecule has 0 bridgehead atoms. The Labute approximate surface area is 70.9 Å². The Balaban J connectivity index is 2.23. The van der Waals surface area contributed by atoms with Crippen LogP contribution in [0.25, 0.3) is 0 Å². The summed E-state index contributed by atoms with van der Waals surface area (Å²) >= 11 is 1.61. The summed E-state index contributed by atoms with van der Waals surface area (Å²) in [4.78, 5) is 4.13. The predicted octanol–water partition coefficient (Wildman–Crippen LogP) is 1.85. The highest BCUT2D eigenvalue weighted by Gasteiger charge is 2.01. The Hall–Kier alpha value is -0.410. The van der Waals surface area contributed by atoms with Crippen LogP contribution in [-0.2, 0) is 6.42 Å². The van der Waals surface area contributed by atoms with Crippen molar-refractivity contribution in [3.05, 3.63) is 16.6 Å². The molecule has 1 rings (SSSR count). The van der Waals surface area contributed by atoms with Gasteiger partial charge in [0.2, 0.25) is 0 Å². The summed E-state index contributed by atoms with van der Waals surface area (Å²) in [5.41, 5.74) is 2.93. The Morgan fingerprint density at radius 1 is 1.73 bits per heavy atom. The molecule has 0 aliphatic heterocycles. The maximum atomic E-state index is 9.23. The van der Waals surface area contributed by atoms with Gasteiger partial charge in [-0.25, -0.2) is 4.98 Å². The van der Waals surface area contributed by atoms with E-state index in [0.717, 1.165) is 25.0 Å². The molecule has 0 amide bonds. The summed E-state index contributed by atoms with van der Waals surface area (Å²) in [5, 5.41) is 11.3. The molecule has 1 N–H and O–H groups in total. The molecular formula is C8H13NOS. The van der Waals surface area contributed by atoms with Gasteiger partial charge in [-0.1, -0.05) is 6.92 Å². The van der Waals surface area contributed by atoms with Crippen molar-refractivity contribution in [3.63, 3.8) is 0 Å². The SMILES string of the molecule is CCC(O)CCc1cscn1. The molecule has 0 aliphatic carbocycles. The van der Waals surface area contributed by atoms with E-state index in [9.17, 15) is 5.11 Å². The lowest BCUT2D eigenvalue weighted by atomic mass is 10.1. The summed E-state index contributed by atoms with van der Waals surface area (Å²) in [6.45, 7) is 1.99. The van der Waals surface area contributed by atoms with Crippen LogP contribution in [0.4, 0.5) is 0 Å². The first-order chi connectivity index (χ1) is 5.33. The van der Waals surface area contributed by atoms with Gasteiger partial charge >= 0.3 is 0 Å². The minimum absolute atomic E-state index is 0.156. The van der Waals surface area contributed by atoms with E-state index in [1.807, 2.05) is 17.8 Å². The van der Waals surface area contributed by atoms with Crippen LogP contribution in [0.3, 0.4) is 0 Å². The van der Waals surface area contributed by atoms with E-state index in [-0.39, 0.29) is 6.10 Å². The van der Waals surface area contributed by atoms with Gasteiger partial charge in [-0.15, -0.1) is 11.3 Å². The number of hydrogen-bond donors (Lipinski definition) is 1. The highest BCUT2D eigenvalue weighted by Crippen LogP contribution is 2.07. The topological polar surface area (TPSA) is 33.1 Å². The number of aryl methyl sites for hydroxylation is 1. The van der Waals surface area contributed by atoms with Crippen LogP contribution in [0, 0.1) is 0 Å². The molecule has 1 aromatic rings. The number of hydrogen-bond acceptors (Lipinski definition) is 3. The van der Waals surface area contributed by atoms with Crippen LogP contribution in [0.5, 0.6) is 0 Å². The molecule has 0 aliphatic rings. The monoisotopic (exact) mass is 171 g/mol. The molecule has 62 valence electrons. The quantitative estimate of drug-likeness (QED) is 0.750. The van der Waals surface area contributed by atoms with E-state index in [2.05, 4.69) is 4.98 Å². The van der Waals surface area contributed by atoms with E-state index < -0.39 is 0 Å². The van der Waals surface area contributed by atoms with Crippen molar-refractivity contribution in [2.75, 3.05) is 0 Å². The Kier molecular flexibility index (Phi) is 3.52. The molecule has 0 fully saturated rings. The van der Waals surface area contributed by atoms with E-state index >= 15 is 0 Å². The Morgan fingerprint density at radius 2 is 2.55 bits per heavy atom. The molecule has 3 heteroatoms. The molecule has 1 heterocycles. The largest absolute Gasteiger partial charge is 0.393 e. The first kappa shape index (κ1) is 8.68. The van der Waals surface area contributed by atoms with E-state index in [4.69, 9.17) is 0 Å². The third kappa shape index (κ3) is 2.99. The number of aliphatic hydroxyl groups is 1. The van der Waals surface area contributed by atoms with Crippen molar-refractivity contribution >= 4 is 11.3 Å². The zero-order valence-corrected chi connectivity index (χ0v) is 7.47. The molecular weight excluding hydrogens is 158 g/mol. The number of rotatable bonds is 4. The molecule has 2 nitrogen and oxygen atoms in total. The number of aliphatic hydroxyl groups excluding tert-OH is 1. The average Bonchev–Trinajstić information content (AvgIpc) is 2.52. The maximum Gasteiger partial charge on any atom is 0.0794 e. The molecule has 1 atom stereocenters. The van der Waals surface area contributed by atoms with Gasteiger partial charge in [0.05, 0.1) is 17.3 Å². The van der Waals surface area contributed by atoms with Crippen molar-refractivity contribution in [1.82, 2.24) is 4.98 Å². The Bertz CT molecular complexity index is 186. The smallest absolute Gasteiger partial charge is 0.0794 e. The average molecular weight is 171 g/mol. The van der Waals surface area contributed by atoms with Crippen molar-refractivity contribution in [2.45, 2.75) is 32.3 Å². The van der Waals surface area contributed by atoms with Crippen molar-refractivity contribution in [3.8, 4) is 0 Å². The molecule has 1 unspecified atom stereocenters. The summed E-state index contributed by atoms with van der Waals surface area (Å²) in [6, 6.07) is 0. The Morgan fingerprint density at radius 3 is 3.09 bits per heavy atom. The lowest BCUT2D eigenvalue weighted by Crippen LogP contribution is -2.05. The van der Waals surface area contributed by atoms with Crippen LogP contribution in [-0.4, -0.2) is 16.2 Å². The molecule has 11 heavy (non-hydrogen) atoms. The normalized spacial score (nSPS) is 13.3. The minimum atomic E-state index is -0.156. The highest BCUT2D eigenvalue weighted by molar-refractivity contribution is 7.07. The molecule has 0 aromatic carbocycles. The summed E-state index contributed by atoms with van der Waals surface area (Å²) in [5.74, 6) is 0. The van der Waals surface area contributed by atoms with E-state index in [1.54, 1.807) is 11.3 Å². The van der Waals surface area contributed by atoms with Gasteiger partial charge in [0.1, 0.15) is 0 Å². The first-order valence-electron chi connectivity index (χ1n) is 3.88. The lowest BCUT2D eigenvalue weighted by Gasteiger charge is -2.04. The number of aromatic nitrogens is 1. The van der Waals surface area contributed by atoms with Gasteiger partial charge < -0.3 is 5.11 Å². The fraction of sp³-hybridized carbons (Fsp3) is 0.625. The van der Waals surface area contributed by atoms with Crippen molar-refractivity contribution in [2.24, 2.45) is 0 Å². The van der Waals surface area contributed by atoms with E-state index in [1.165, 1.54) is 0 Å². The summed E-state index contributed by atoms with van der Waals surface area (Å²) in [6.07, 6.45) is 2.42. The number of thiazole rings is 1. The van der Waals surface area contributed by atoms with Crippen molar-refractivity contribution in [1.29, 1.82) is 0 Å². The van der Waals surface area contributed by atoms with Gasteiger partial charge in [-0.3, -0.25) is 0 Å². The van der Waals surface area contributed by atoms with Crippen molar-refractivity contribution < 1.29 is 5.11 Å². The maximum absolute atomic E-state index is 9.23. The summed E-state index contributed by atoms with van der Waals surface area (Å²) in [7, 11) is 0. The third-order valence-corrected chi connectivity index (χ3v) is 2.32. The number of nitrogens with zero attached hydrogens (tertiary/aromatic N) is 1. The van der Waals surface area contributed by atoms with Crippen LogP contribution < -0.4 is 0 Å². The van der Waals surface area contributed by atoms with Crippen LogP contribution in [0.15, 0.2) is 10.9 Å². The molecule has 0 spiro atoms. The first-order valence-corrected chi connectivity index (χ1v) is 4.82. The predicted molar refractivity (Wildman–Crippen MR) is 46.7 cm³/mol. The lowest BCUT2D eigenvalue weighted by molar-refractivity contribution is 0.160. The second-order valence-electron chi connectivity index (χ2n) is 2.58. The third-order valence-electron chi connectivity index (χ3n) is 1.69. The standard InChI is InChI=1S/C8H13NOS/c1-2-8(10)4-3-7-5-11-6-9-7/h5-6,8,10H,2-4H2,1H3. The van der Waals surface area contributed by atoms with Crippen LogP contribution in [0.1, 0.15) is 25.5 Å². The molecule has 0 saturated heterocycles. The van der Waals surface area contributed by atoms with Gasteiger partial charge in [-0.2, -0.15) is 0 Å². The molecule has 0 saturated carbocycles. The van der Waals surface area contributed by atoms with Gasteiger partial charge in [-0.05, 0) is 19.3 Å². The second kappa shape index (κ2) is 4.46. The zero-order chi connectivity index (χ0) is 8.10.